The van der Waals surface area contributed by atoms with Crippen molar-refractivity contribution in [2.24, 2.45) is 0 Å². The molecule has 0 saturated carbocycles. The predicted molar refractivity (Wildman–Crippen MR) is 385 cm³/mol. The maximum absolute atomic E-state index is 14.8. The smallest absolute Gasteiger partial charge is 0.478 e. The number of hydrogen-bond acceptors (Lipinski definition) is 27. The van der Waals surface area contributed by atoms with Crippen molar-refractivity contribution in [3.8, 4) is 0 Å². The molecule has 6 aliphatic rings. The summed E-state index contributed by atoms with van der Waals surface area (Å²) in [6.45, 7) is 4.47. The van der Waals surface area contributed by atoms with Crippen molar-refractivity contribution in [3.05, 3.63) is 39.3 Å². The summed E-state index contributed by atoms with van der Waals surface area (Å²) in [4.78, 5) is 52.8. The molecule has 95 heavy (non-hydrogen) atoms. The Labute approximate surface area is 632 Å². The SMILES string of the molecule is COCCC1(CCOC)Sc2c(c(C(=O)O)c3c(c2[C](c2c4c(c(C(=O)O)c5c2SC(CCOC)(CCOC)S5)SC(CCOC)(CCOC)S4)c2c4c(c(C(=O)O)c5c2SC(CCOC)(CCOC)S5)SC(CCOC)(CCOC)S4)SC(CCOC)(CCOC)S3)S1.[Na+]. The summed E-state index contributed by atoms with van der Waals surface area (Å²) in [5.74, 6) is -2.41. The van der Waals surface area contributed by atoms with Crippen LogP contribution < -0.4 is 29.6 Å². The van der Waals surface area contributed by atoms with E-state index in [1.165, 1.54) is 0 Å². The van der Waals surface area contributed by atoms with Crippen molar-refractivity contribution in [2.75, 3.05) is 165 Å². The molecule has 0 aliphatic carbocycles. The van der Waals surface area contributed by atoms with Crippen LogP contribution in [0.3, 0.4) is 0 Å². The Morgan fingerprint density at radius 2 is 0.337 bits per heavy atom. The van der Waals surface area contributed by atoms with Crippen LogP contribution in [-0.2, 0) is 56.8 Å². The molecule has 3 aromatic rings. The minimum atomic E-state index is -1.06. The van der Waals surface area contributed by atoms with E-state index in [0.29, 0.717) is 186 Å². The Morgan fingerprint density at radius 3 is 0.432 bits per heavy atom. The molecule has 9 rings (SSSR count). The molecule has 6 aliphatic heterocycles. The van der Waals surface area contributed by atoms with Crippen LogP contribution in [0.5, 0.6) is 0 Å². The molecule has 31 heteroatoms. The van der Waals surface area contributed by atoms with Gasteiger partial charge in [-0.15, -0.1) is 141 Å². The summed E-state index contributed by atoms with van der Waals surface area (Å²) in [6, 6.07) is 0. The maximum Gasteiger partial charge on any atom is 1.00 e. The van der Waals surface area contributed by atoms with Crippen molar-refractivity contribution in [2.45, 2.75) is 160 Å². The van der Waals surface area contributed by atoms with Gasteiger partial charge in [0, 0.05) is 223 Å². The fourth-order valence-corrected chi connectivity index (χ4v) is 32.9. The van der Waals surface area contributed by atoms with Crippen molar-refractivity contribution in [3.63, 3.8) is 0 Å². The van der Waals surface area contributed by atoms with Gasteiger partial charge in [-0.25, -0.2) is 14.4 Å². The number of aromatic carboxylic acids is 3. The summed E-state index contributed by atoms with van der Waals surface area (Å²) < 4.78 is 67.0. The largest absolute Gasteiger partial charge is 1.00 e. The zero-order valence-electron chi connectivity index (χ0n) is 56.3. The molecule has 0 saturated heterocycles. The van der Waals surface area contributed by atoms with Crippen LogP contribution in [0.4, 0.5) is 0 Å². The number of thioether (sulfide) groups is 12. The van der Waals surface area contributed by atoms with E-state index in [1.54, 1.807) is 226 Å². The Balaban J connectivity index is 0.0000116. The summed E-state index contributed by atoms with van der Waals surface area (Å²) in [7, 11) is 20.2. The molecule has 0 spiro atoms. The number of benzene rings is 3. The van der Waals surface area contributed by atoms with Gasteiger partial charge in [-0.1, -0.05) is 0 Å². The second-order valence-electron chi connectivity index (χ2n) is 23.1. The molecule has 0 fully saturated rings. The number of methoxy groups -OCH3 is 12. The zero-order chi connectivity index (χ0) is 67.6. The van der Waals surface area contributed by atoms with E-state index in [1.807, 2.05) is 0 Å². The summed E-state index contributed by atoms with van der Waals surface area (Å²) in [6.07, 6.45) is 6.35. The fourth-order valence-electron chi connectivity index (χ4n) is 12.2. The van der Waals surface area contributed by atoms with Crippen molar-refractivity contribution < 1.29 is 116 Å². The first-order valence-corrected chi connectivity index (χ1v) is 40.6. The molecule has 1 radical (unpaired) electrons. The van der Waals surface area contributed by atoms with Gasteiger partial charge in [0.05, 0.1) is 47.1 Å². The van der Waals surface area contributed by atoms with Gasteiger partial charge in [0.2, 0.25) is 0 Å². The third kappa shape index (κ3) is 17.4. The van der Waals surface area contributed by atoms with Gasteiger partial charge >= 0.3 is 47.5 Å². The molecule has 0 amide bonds. The zero-order valence-corrected chi connectivity index (χ0v) is 68.1. The second kappa shape index (κ2) is 36.7. The molecule has 3 aromatic carbocycles. The minimum absolute atomic E-state index is 0. The molecule has 0 atom stereocenters. The fraction of sp³-hybridized carbons (Fsp3) is 0.656. The molecule has 0 unspecified atom stereocenters. The van der Waals surface area contributed by atoms with Crippen molar-refractivity contribution in [1.82, 2.24) is 0 Å². The minimum Gasteiger partial charge on any atom is -0.478 e. The number of ether oxygens (including phenoxy) is 12. The van der Waals surface area contributed by atoms with E-state index in [9.17, 15) is 29.7 Å². The van der Waals surface area contributed by atoms with Crippen molar-refractivity contribution in [1.29, 1.82) is 0 Å². The van der Waals surface area contributed by atoms with Crippen LogP contribution in [0.2, 0.25) is 0 Å². The third-order valence-corrected chi connectivity index (χ3v) is 37.5. The van der Waals surface area contributed by atoms with Crippen LogP contribution in [-0.4, -0.2) is 222 Å². The van der Waals surface area contributed by atoms with Crippen LogP contribution in [0.25, 0.3) is 0 Å². The van der Waals surface area contributed by atoms with Crippen molar-refractivity contribution >= 4 is 159 Å². The first kappa shape index (κ1) is 81.5. The summed E-state index contributed by atoms with van der Waals surface area (Å²) in [5, 5.41) is 36.4. The molecule has 523 valence electrons. The van der Waals surface area contributed by atoms with Crippen LogP contribution in [0, 0.1) is 5.92 Å². The van der Waals surface area contributed by atoms with Crippen LogP contribution in [0.15, 0.2) is 58.7 Å². The molecule has 0 aromatic heterocycles. The van der Waals surface area contributed by atoms with E-state index in [4.69, 9.17) is 56.8 Å². The Kier molecular flexibility index (Phi) is 31.4. The predicted octanol–water partition coefficient (Wildman–Crippen LogP) is 12.6. The second-order valence-corrected chi connectivity index (χ2v) is 41.4. The standard InChI is InChI=1S/C64H87O18S12.Na/c1-71-25-13-59(14-26-72-2)83-44-38(45-51(41(56(65)66)50(44)89-59)90-60(84-45,15-27-73-3)16-28-74-4)37(39-46-52(91-61(85-46,17-29-75-5)18-30-76-6)42(57(67)68)53-47(39)86-62(92-53,19-31-77-7)20-32-78-8)40-48-54(93-63(87-48,21-33-79-9)22-34-80-10)43(58(69)70)55-49(40)88-64(94-55,23-35-81-11)24-36-82-12;/h13-36H2,1-12H3,(H,65,66)(H,67,68)(H,69,70);/q;+1. The van der Waals surface area contributed by atoms with Gasteiger partial charge in [0.25, 0.3) is 0 Å². The van der Waals surface area contributed by atoms with Gasteiger partial charge < -0.3 is 72.2 Å². The Hall–Kier alpha value is 0.790. The molecular weight excluding hydrogens is 1460 g/mol. The average Bonchev–Trinajstić information content (AvgIpc) is 1.56. The molecule has 3 N–H and O–H groups in total. The maximum atomic E-state index is 14.8. The molecule has 0 bridgehead atoms. The third-order valence-electron chi connectivity index (χ3n) is 17.1. The Morgan fingerprint density at radius 1 is 0.232 bits per heavy atom. The number of hydrogen-bond donors (Lipinski definition) is 3. The quantitative estimate of drug-likeness (QED) is 0.0354. The number of carboxylic acids is 3. The van der Waals surface area contributed by atoms with Gasteiger partial charge in [-0.2, -0.15) is 0 Å². The number of carboxylic acid groups (broad SMARTS) is 3. The molecular formula is C64H87NaO18S12+. The van der Waals surface area contributed by atoms with Crippen LogP contribution >= 0.6 is 141 Å². The van der Waals surface area contributed by atoms with E-state index in [0.717, 1.165) is 52.0 Å². The molecule has 18 nitrogen and oxygen atoms in total. The van der Waals surface area contributed by atoms with Gasteiger partial charge in [0.15, 0.2) is 0 Å². The summed E-state index contributed by atoms with van der Waals surface area (Å²) in [5.41, 5.74) is 3.05. The van der Waals surface area contributed by atoms with E-state index in [-0.39, 0.29) is 46.2 Å². The molecule has 6 heterocycles. The van der Waals surface area contributed by atoms with Crippen LogP contribution in [0.1, 0.15) is 125 Å². The van der Waals surface area contributed by atoms with Gasteiger partial charge in [-0.3, -0.25) is 0 Å². The van der Waals surface area contributed by atoms with E-state index < -0.39 is 42.4 Å². The number of fused-ring (bicyclic) bond motifs is 6. The first-order valence-electron chi connectivity index (χ1n) is 30.8. The Bertz CT molecular complexity index is 2650. The number of rotatable bonds is 42. The monoisotopic (exact) mass is 1550 g/mol. The summed E-state index contributed by atoms with van der Waals surface area (Å²) >= 11 is 19.3. The van der Waals surface area contributed by atoms with E-state index >= 15 is 0 Å². The van der Waals surface area contributed by atoms with Gasteiger partial charge in [-0.05, 0) is 93.7 Å². The van der Waals surface area contributed by atoms with Gasteiger partial charge in [0.1, 0.15) is 0 Å². The topological polar surface area (TPSA) is 223 Å². The number of carbonyl (C=O) groups is 3. The normalized spacial score (nSPS) is 18.4. The van der Waals surface area contributed by atoms with E-state index in [2.05, 4.69) is 0 Å². The average molecular weight is 1550 g/mol. The first-order chi connectivity index (χ1) is 45.3.